The van der Waals surface area contributed by atoms with Crippen molar-refractivity contribution < 1.29 is 18.8 Å². The van der Waals surface area contributed by atoms with Crippen LogP contribution in [0.1, 0.15) is 62.6 Å². The van der Waals surface area contributed by atoms with Crippen molar-refractivity contribution in [1.29, 1.82) is 0 Å². The number of likely N-dealkylation sites (tertiary alicyclic amines) is 2. The van der Waals surface area contributed by atoms with Gasteiger partial charge in [-0.1, -0.05) is 16.8 Å². The van der Waals surface area contributed by atoms with E-state index in [-0.39, 0.29) is 17.4 Å². The molecule has 9 nitrogen and oxygen atoms in total. The third kappa shape index (κ3) is 4.88. The average molecular weight is 478 g/mol. The third-order valence-electron chi connectivity index (χ3n) is 6.65. The summed E-state index contributed by atoms with van der Waals surface area (Å²) in [5.74, 6) is 0.507. The zero-order chi connectivity index (χ0) is 24.0. The normalized spacial score (nSPS) is 18.6. The number of hydrogen-bond donors (Lipinski definition) is 0. The molecule has 2 aliphatic heterocycles. The molecule has 0 bridgehead atoms. The number of hydrogen-bond acceptors (Lipinski definition) is 6. The minimum Gasteiger partial charge on any atom is -0.444 e. The highest BCUT2D eigenvalue weighted by Crippen LogP contribution is 2.42. The van der Waals surface area contributed by atoms with Crippen molar-refractivity contribution in [3.63, 3.8) is 0 Å². The second-order valence-electron chi connectivity index (χ2n) is 10.2. The molecule has 2 aromatic rings. The van der Waals surface area contributed by atoms with E-state index in [0.717, 1.165) is 25.7 Å². The number of aromatic nitrogens is 3. The average Bonchev–Trinajstić information content (AvgIpc) is 3.30. The first kappa shape index (κ1) is 23.6. The molecule has 2 fully saturated rings. The Morgan fingerprint density at radius 2 is 1.67 bits per heavy atom. The number of aryl methyl sites for hydroxylation is 2. The van der Waals surface area contributed by atoms with E-state index in [0.29, 0.717) is 54.0 Å². The fourth-order valence-electron chi connectivity index (χ4n) is 4.68. The molecule has 0 atom stereocenters. The summed E-state index contributed by atoms with van der Waals surface area (Å²) < 4.78 is 12.2. The molecule has 0 aromatic carbocycles. The van der Waals surface area contributed by atoms with Crippen LogP contribution in [0, 0.1) is 12.3 Å². The summed E-state index contributed by atoms with van der Waals surface area (Å²) in [5.41, 5.74) is 0.967. The van der Waals surface area contributed by atoms with Gasteiger partial charge in [0.2, 0.25) is 0 Å². The van der Waals surface area contributed by atoms with E-state index in [4.69, 9.17) is 20.9 Å². The first-order chi connectivity index (χ1) is 15.5. The lowest BCUT2D eigenvalue weighted by Crippen LogP contribution is -2.50. The Morgan fingerprint density at radius 1 is 1.09 bits per heavy atom. The van der Waals surface area contributed by atoms with Crippen LogP contribution in [0.25, 0.3) is 11.4 Å². The van der Waals surface area contributed by atoms with Gasteiger partial charge in [-0.15, -0.1) is 0 Å². The zero-order valence-electron chi connectivity index (χ0n) is 20.0. The Bertz CT molecular complexity index is 1040. The van der Waals surface area contributed by atoms with Crippen molar-refractivity contribution in [3.05, 3.63) is 22.5 Å². The minimum absolute atomic E-state index is 0.134. The van der Waals surface area contributed by atoms with Gasteiger partial charge in [-0.25, -0.2) is 4.79 Å². The first-order valence-electron chi connectivity index (χ1n) is 11.4. The monoisotopic (exact) mass is 477 g/mol. The van der Waals surface area contributed by atoms with E-state index < -0.39 is 5.60 Å². The molecule has 2 aliphatic rings. The smallest absolute Gasteiger partial charge is 0.410 e. The Hall–Kier alpha value is -2.55. The lowest BCUT2D eigenvalue weighted by Gasteiger charge is -2.46. The highest BCUT2D eigenvalue weighted by molar-refractivity contribution is 6.33. The summed E-state index contributed by atoms with van der Waals surface area (Å²) in [6.07, 6.45) is 3.40. The minimum atomic E-state index is -0.491. The summed E-state index contributed by atoms with van der Waals surface area (Å²) in [6.45, 7) is 10.1. The predicted molar refractivity (Wildman–Crippen MR) is 123 cm³/mol. The lowest BCUT2D eigenvalue weighted by atomic mass is 9.71. The zero-order valence-corrected chi connectivity index (χ0v) is 20.7. The van der Waals surface area contributed by atoms with Gasteiger partial charge in [-0.05, 0) is 58.8 Å². The van der Waals surface area contributed by atoms with Gasteiger partial charge in [0.25, 0.3) is 5.91 Å². The van der Waals surface area contributed by atoms with Crippen molar-refractivity contribution in [3.8, 4) is 11.4 Å². The molecule has 0 N–H and O–H groups in total. The topological polar surface area (TPSA) is 93.7 Å². The van der Waals surface area contributed by atoms with Gasteiger partial charge in [0.15, 0.2) is 0 Å². The quantitative estimate of drug-likeness (QED) is 0.640. The summed E-state index contributed by atoms with van der Waals surface area (Å²) in [6, 6.07) is 1.75. The van der Waals surface area contributed by atoms with Gasteiger partial charge in [-0.3, -0.25) is 9.48 Å². The lowest BCUT2D eigenvalue weighted by molar-refractivity contribution is -0.00112. The van der Waals surface area contributed by atoms with Gasteiger partial charge in [0, 0.05) is 39.3 Å². The van der Waals surface area contributed by atoms with Gasteiger partial charge < -0.3 is 19.1 Å². The van der Waals surface area contributed by atoms with E-state index in [2.05, 4.69) is 10.3 Å². The van der Waals surface area contributed by atoms with Crippen LogP contribution in [0.2, 0.25) is 5.15 Å². The standard InChI is InChI=1S/C23H32ClN5O4/c1-15-14-16(26-33-15)18-17(19(24)27(5)25-18)20(30)28-10-6-23(7-11-28)8-12-29(13-9-23)21(31)32-22(2,3)4/h14H,6-13H2,1-5H3. The van der Waals surface area contributed by atoms with Gasteiger partial charge in [0.1, 0.15) is 33.5 Å². The number of carbonyl (C=O) groups is 2. The van der Waals surface area contributed by atoms with E-state index >= 15 is 0 Å². The van der Waals surface area contributed by atoms with Crippen molar-refractivity contribution in [2.45, 2.75) is 59.0 Å². The highest BCUT2D eigenvalue weighted by Gasteiger charge is 2.41. The van der Waals surface area contributed by atoms with E-state index in [1.807, 2.05) is 25.7 Å². The Kier molecular flexibility index (Phi) is 6.20. The molecular formula is C23H32ClN5O4. The van der Waals surface area contributed by atoms with Crippen LogP contribution < -0.4 is 0 Å². The molecule has 0 unspecified atom stereocenters. The van der Waals surface area contributed by atoms with Crippen LogP contribution in [0.4, 0.5) is 4.79 Å². The maximum absolute atomic E-state index is 13.4. The van der Waals surface area contributed by atoms with Crippen LogP contribution in [-0.4, -0.2) is 68.5 Å². The van der Waals surface area contributed by atoms with Crippen LogP contribution in [0.15, 0.2) is 10.6 Å². The van der Waals surface area contributed by atoms with Crippen LogP contribution >= 0.6 is 11.6 Å². The highest BCUT2D eigenvalue weighted by atomic mass is 35.5. The molecule has 4 heterocycles. The summed E-state index contributed by atoms with van der Waals surface area (Å²) in [5, 5.41) is 8.72. The molecule has 2 amide bonds. The molecule has 0 aliphatic carbocycles. The largest absolute Gasteiger partial charge is 0.444 e. The molecule has 180 valence electrons. The van der Waals surface area contributed by atoms with Crippen LogP contribution in [0.3, 0.4) is 0 Å². The van der Waals surface area contributed by atoms with Crippen LogP contribution in [0.5, 0.6) is 0 Å². The van der Waals surface area contributed by atoms with Crippen molar-refractivity contribution in [1.82, 2.24) is 24.7 Å². The summed E-state index contributed by atoms with van der Waals surface area (Å²) in [4.78, 5) is 29.5. The first-order valence-corrected chi connectivity index (χ1v) is 11.8. The number of carbonyl (C=O) groups excluding carboxylic acids is 2. The number of halogens is 1. The molecule has 4 rings (SSSR count). The molecule has 33 heavy (non-hydrogen) atoms. The molecule has 0 saturated carbocycles. The maximum atomic E-state index is 13.4. The molecular weight excluding hydrogens is 446 g/mol. The van der Waals surface area contributed by atoms with Crippen molar-refractivity contribution in [2.75, 3.05) is 26.2 Å². The Balaban J connectivity index is 1.40. The summed E-state index contributed by atoms with van der Waals surface area (Å²) >= 11 is 6.46. The third-order valence-corrected chi connectivity index (χ3v) is 7.08. The van der Waals surface area contributed by atoms with Crippen molar-refractivity contribution in [2.24, 2.45) is 12.5 Å². The molecule has 10 heteroatoms. The molecule has 1 spiro atoms. The van der Waals surface area contributed by atoms with E-state index in [9.17, 15) is 9.59 Å². The maximum Gasteiger partial charge on any atom is 0.410 e. The Morgan fingerprint density at radius 3 is 2.18 bits per heavy atom. The second kappa shape index (κ2) is 8.66. The summed E-state index contributed by atoms with van der Waals surface area (Å²) in [7, 11) is 1.71. The molecule has 0 radical (unpaired) electrons. The molecule has 2 saturated heterocycles. The number of amides is 2. The van der Waals surface area contributed by atoms with E-state index in [1.165, 1.54) is 4.68 Å². The van der Waals surface area contributed by atoms with Gasteiger partial charge in [0.05, 0.1) is 0 Å². The van der Waals surface area contributed by atoms with Crippen LogP contribution in [-0.2, 0) is 11.8 Å². The Labute approximate surface area is 199 Å². The SMILES string of the molecule is Cc1cc(-c2nn(C)c(Cl)c2C(=O)N2CCC3(CCN(C(=O)OC(C)(C)C)CC3)CC2)no1. The fraction of sp³-hybridized carbons (Fsp3) is 0.652. The number of nitrogens with zero attached hydrogens (tertiary/aromatic N) is 5. The fourth-order valence-corrected chi connectivity index (χ4v) is 4.89. The second-order valence-corrected chi connectivity index (χ2v) is 10.6. The van der Waals surface area contributed by atoms with Crippen molar-refractivity contribution >= 4 is 23.6 Å². The number of piperidine rings is 2. The van der Waals surface area contributed by atoms with Gasteiger partial charge >= 0.3 is 6.09 Å². The number of ether oxygens (including phenoxy) is 1. The van der Waals surface area contributed by atoms with E-state index in [1.54, 1.807) is 24.9 Å². The molecule has 2 aromatic heterocycles. The van der Waals surface area contributed by atoms with Gasteiger partial charge in [-0.2, -0.15) is 5.10 Å². The predicted octanol–water partition coefficient (Wildman–Crippen LogP) is 4.29. The number of rotatable bonds is 2.